The second-order valence-electron chi connectivity index (χ2n) is 8.32. The fourth-order valence-electron chi connectivity index (χ4n) is 4.55. The van der Waals surface area contributed by atoms with Gasteiger partial charge in [-0.1, -0.05) is 19.3 Å². The van der Waals surface area contributed by atoms with Gasteiger partial charge < -0.3 is 19.9 Å². The molecular formula is C22H30N4O3. The lowest BCUT2D eigenvalue weighted by atomic mass is 9.87. The van der Waals surface area contributed by atoms with Gasteiger partial charge in [-0.3, -0.25) is 9.59 Å². The quantitative estimate of drug-likeness (QED) is 0.783. The van der Waals surface area contributed by atoms with E-state index in [1.807, 2.05) is 23.1 Å². The van der Waals surface area contributed by atoms with Crippen LogP contribution in [0.2, 0.25) is 0 Å². The van der Waals surface area contributed by atoms with Gasteiger partial charge in [0.15, 0.2) is 0 Å². The number of aromatic amines is 1. The summed E-state index contributed by atoms with van der Waals surface area (Å²) in [6, 6.07) is 5.65. The number of likely N-dealkylation sites (tertiary alicyclic amines) is 1. The number of benzene rings is 1. The number of aromatic nitrogens is 2. The number of carbonyl (C=O) groups is 2. The number of hydrogen-bond donors (Lipinski definition) is 2. The van der Waals surface area contributed by atoms with Crippen molar-refractivity contribution in [3.63, 3.8) is 0 Å². The van der Waals surface area contributed by atoms with Gasteiger partial charge in [0, 0.05) is 25.6 Å². The average molecular weight is 399 g/mol. The van der Waals surface area contributed by atoms with Crippen molar-refractivity contribution < 1.29 is 14.3 Å². The van der Waals surface area contributed by atoms with Crippen molar-refractivity contribution in [1.29, 1.82) is 0 Å². The number of ether oxygens (including phenoxy) is 1. The van der Waals surface area contributed by atoms with Crippen LogP contribution in [0.4, 0.5) is 0 Å². The lowest BCUT2D eigenvalue weighted by Crippen LogP contribution is -2.47. The van der Waals surface area contributed by atoms with Gasteiger partial charge in [0.2, 0.25) is 11.8 Å². The second-order valence-corrected chi connectivity index (χ2v) is 8.32. The maximum atomic E-state index is 12.7. The Hall–Kier alpha value is -2.57. The van der Waals surface area contributed by atoms with E-state index in [1.165, 1.54) is 32.1 Å². The summed E-state index contributed by atoms with van der Waals surface area (Å²) in [5.41, 5.74) is 1.73. The molecule has 1 saturated heterocycles. The zero-order chi connectivity index (χ0) is 20.2. The van der Waals surface area contributed by atoms with Crippen molar-refractivity contribution in [1.82, 2.24) is 20.2 Å². The number of fused-ring (bicyclic) bond motifs is 1. The molecule has 1 aromatic heterocycles. The number of rotatable bonds is 6. The minimum atomic E-state index is -0.138. The molecule has 7 heteroatoms. The highest BCUT2D eigenvalue weighted by Crippen LogP contribution is 2.27. The summed E-state index contributed by atoms with van der Waals surface area (Å²) in [6.07, 6.45) is 7.34. The number of nitrogens with zero attached hydrogens (tertiary/aromatic N) is 2. The predicted molar refractivity (Wildman–Crippen MR) is 110 cm³/mol. The molecule has 1 aliphatic heterocycles. The molecule has 2 aliphatic rings. The molecule has 2 heterocycles. The topological polar surface area (TPSA) is 87.3 Å². The van der Waals surface area contributed by atoms with E-state index in [1.54, 1.807) is 7.11 Å². The third-order valence-corrected chi connectivity index (χ3v) is 6.24. The zero-order valence-electron chi connectivity index (χ0n) is 17.1. The molecule has 2 fully saturated rings. The molecule has 2 amide bonds. The van der Waals surface area contributed by atoms with E-state index in [2.05, 4.69) is 15.3 Å². The molecule has 0 bridgehead atoms. The zero-order valence-corrected chi connectivity index (χ0v) is 17.1. The first-order chi connectivity index (χ1) is 14.1. The second kappa shape index (κ2) is 8.84. The van der Waals surface area contributed by atoms with Gasteiger partial charge in [0.05, 0.1) is 30.6 Å². The van der Waals surface area contributed by atoms with E-state index < -0.39 is 0 Å². The van der Waals surface area contributed by atoms with Crippen LogP contribution in [0.3, 0.4) is 0 Å². The van der Waals surface area contributed by atoms with Gasteiger partial charge >= 0.3 is 0 Å². The van der Waals surface area contributed by atoms with E-state index in [-0.39, 0.29) is 17.7 Å². The van der Waals surface area contributed by atoms with Crippen LogP contribution >= 0.6 is 0 Å². The van der Waals surface area contributed by atoms with Gasteiger partial charge in [-0.05, 0) is 37.3 Å². The number of carbonyl (C=O) groups excluding carboxylic acids is 2. The van der Waals surface area contributed by atoms with Crippen molar-refractivity contribution in [2.75, 3.05) is 20.2 Å². The largest absolute Gasteiger partial charge is 0.497 e. The van der Waals surface area contributed by atoms with Crippen LogP contribution in [0, 0.1) is 11.8 Å². The first kappa shape index (κ1) is 19.7. The number of amides is 2. The van der Waals surface area contributed by atoms with Crippen molar-refractivity contribution in [2.24, 2.45) is 11.8 Å². The van der Waals surface area contributed by atoms with Crippen LogP contribution in [0.15, 0.2) is 18.2 Å². The standard InChI is InChI=1S/C22H30N4O3/c1-29-17-8-9-18-19(11-17)25-20(24-18)12-23-22(28)16-7-10-21(27)26(14-16)13-15-5-3-2-4-6-15/h8-9,11,15-16H,2-7,10,12-14H2,1H3,(H,23,28)(H,24,25)/t16-/m1/s1. The number of hydrogen-bond acceptors (Lipinski definition) is 4. The van der Waals surface area contributed by atoms with Gasteiger partial charge in [-0.15, -0.1) is 0 Å². The molecule has 0 radical (unpaired) electrons. The smallest absolute Gasteiger partial charge is 0.225 e. The number of methoxy groups -OCH3 is 1. The van der Waals surface area contributed by atoms with E-state index in [4.69, 9.17) is 4.74 Å². The van der Waals surface area contributed by atoms with Crippen LogP contribution in [0.1, 0.15) is 50.8 Å². The molecule has 2 N–H and O–H groups in total. The van der Waals surface area contributed by atoms with E-state index in [9.17, 15) is 9.59 Å². The molecule has 156 valence electrons. The molecule has 1 aliphatic carbocycles. The summed E-state index contributed by atoms with van der Waals surface area (Å²) >= 11 is 0. The molecule has 2 aromatic rings. The molecule has 29 heavy (non-hydrogen) atoms. The highest BCUT2D eigenvalue weighted by Gasteiger charge is 2.31. The molecule has 0 spiro atoms. The van der Waals surface area contributed by atoms with Gasteiger partial charge in [-0.2, -0.15) is 0 Å². The Morgan fingerprint density at radius 3 is 2.90 bits per heavy atom. The van der Waals surface area contributed by atoms with Gasteiger partial charge in [0.25, 0.3) is 0 Å². The van der Waals surface area contributed by atoms with Crippen molar-refractivity contribution in [3.8, 4) is 5.75 Å². The van der Waals surface area contributed by atoms with Crippen LogP contribution < -0.4 is 10.1 Å². The molecule has 1 saturated carbocycles. The summed E-state index contributed by atoms with van der Waals surface area (Å²) in [4.78, 5) is 34.7. The van der Waals surface area contributed by atoms with E-state index >= 15 is 0 Å². The maximum absolute atomic E-state index is 12.7. The number of nitrogens with one attached hydrogen (secondary N) is 2. The molecule has 1 aromatic carbocycles. The van der Waals surface area contributed by atoms with Crippen LogP contribution in [0.25, 0.3) is 11.0 Å². The predicted octanol–water partition coefficient (Wildman–Crippen LogP) is 3.01. The lowest BCUT2D eigenvalue weighted by molar-refractivity contribution is -0.139. The van der Waals surface area contributed by atoms with Gasteiger partial charge in [-0.25, -0.2) is 4.98 Å². The van der Waals surface area contributed by atoms with E-state index in [0.717, 1.165) is 23.3 Å². The van der Waals surface area contributed by atoms with E-state index in [0.29, 0.717) is 37.7 Å². The Kier molecular flexibility index (Phi) is 6.02. The molecule has 4 rings (SSSR count). The molecule has 1 atom stereocenters. The SMILES string of the molecule is COc1ccc2nc(CNC(=O)[C@@H]3CCC(=O)N(CC4CCCCC4)C3)[nH]c2c1. The highest BCUT2D eigenvalue weighted by molar-refractivity contribution is 5.84. The normalized spacial score (nSPS) is 20.8. The summed E-state index contributed by atoms with van der Waals surface area (Å²) in [6.45, 7) is 1.70. The minimum Gasteiger partial charge on any atom is -0.497 e. The van der Waals surface area contributed by atoms with Crippen molar-refractivity contribution in [2.45, 2.75) is 51.5 Å². The lowest BCUT2D eigenvalue weighted by Gasteiger charge is -2.35. The Labute approximate surface area is 171 Å². The Balaban J connectivity index is 1.32. The molecule has 0 unspecified atom stereocenters. The molecule has 7 nitrogen and oxygen atoms in total. The van der Waals surface area contributed by atoms with Crippen molar-refractivity contribution in [3.05, 3.63) is 24.0 Å². The molecular weight excluding hydrogens is 368 g/mol. The van der Waals surface area contributed by atoms with Crippen LogP contribution in [0.5, 0.6) is 5.75 Å². The third kappa shape index (κ3) is 4.71. The van der Waals surface area contributed by atoms with Crippen molar-refractivity contribution >= 4 is 22.8 Å². The summed E-state index contributed by atoms with van der Waals surface area (Å²) in [5.74, 6) is 2.15. The number of imidazole rings is 1. The Morgan fingerprint density at radius 1 is 1.28 bits per heavy atom. The monoisotopic (exact) mass is 398 g/mol. The van der Waals surface area contributed by atoms with Gasteiger partial charge in [0.1, 0.15) is 11.6 Å². The average Bonchev–Trinajstić information content (AvgIpc) is 3.16. The summed E-state index contributed by atoms with van der Waals surface area (Å²) in [7, 11) is 1.63. The number of H-pyrrole nitrogens is 1. The Morgan fingerprint density at radius 2 is 2.10 bits per heavy atom. The summed E-state index contributed by atoms with van der Waals surface area (Å²) in [5, 5.41) is 3.00. The Bertz CT molecular complexity index is 872. The maximum Gasteiger partial charge on any atom is 0.225 e. The fraction of sp³-hybridized carbons (Fsp3) is 0.591. The first-order valence-corrected chi connectivity index (χ1v) is 10.7. The summed E-state index contributed by atoms with van der Waals surface area (Å²) < 4.78 is 5.23. The fourth-order valence-corrected chi connectivity index (χ4v) is 4.55. The highest BCUT2D eigenvalue weighted by atomic mass is 16.5. The number of piperidine rings is 1. The third-order valence-electron chi connectivity index (χ3n) is 6.24. The van der Waals surface area contributed by atoms with Crippen LogP contribution in [-0.4, -0.2) is 46.9 Å². The first-order valence-electron chi connectivity index (χ1n) is 10.7. The van der Waals surface area contributed by atoms with Crippen LogP contribution in [-0.2, 0) is 16.1 Å². The minimum absolute atomic E-state index is 0.00387.